The van der Waals surface area contributed by atoms with Crippen LogP contribution in [0.4, 0.5) is 0 Å². The van der Waals surface area contributed by atoms with Crippen LogP contribution in [0.5, 0.6) is 0 Å². The summed E-state index contributed by atoms with van der Waals surface area (Å²) < 4.78 is 1.79. The average molecular weight is 208 g/mol. The summed E-state index contributed by atoms with van der Waals surface area (Å²) >= 11 is 6.04. The number of pyridine rings is 1. The van der Waals surface area contributed by atoms with Gasteiger partial charge >= 0.3 is 0 Å². The van der Waals surface area contributed by atoms with Gasteiger partial charge in [-0.15, -0.1) is 0 Å². The van der Waals surface area contributed by atoms with Crippen molar-refractivity contribution in [2.45, 2.75) is 6.54 Å². The molecule has 2 rings (SSSR count). The Kier molecular flexibility index (Phi) is 2.27. The molecule has 0 amide bonds. The maximum absolute atomic E-state index is 6.04. The highest BCUT2D eigenvalue weighted by Gasteiger charge is 2.06. The predicted molar refractivity (Wildman–Crippen MR) is 59.0 cm³/mol. The largest absolute Gasteiger partial charge is 0.326 e. The standard InChI is InChI=1S/C10H10ClN3/c1-2-14-6-9(11)8-3-7(4-12)5-13-10(8)14/h2-3,5-6H,1,4,12H2. The molecule has 72 valence electrons. The number of hydrogen-bond acceptors (Lipinski definition) is 2. The molecule has 0 aromatic carbocycles. The molecule has 0 spiro atoms. The number of nitrogens with two attached hydrogens (primary N) is 1. The van der Waals surface area contributed by atoms with Crippen molar-refractivity contribution in [2.24, 2.45) is 5.73 Å². The summed E-state index contributed by atoms with van der Waals surface area (Å²) in [5.74, 6) is 0. The third kappa shape index (κ3) is 1.31. The molecule has 0 saturated carbocycles. The van der Waals surface area contributed by atoms with Gasteiger partial charge in [-0.3, -0.25) is 0 Å². The summed E-state index contributed by atoms with van der Waals surface area (Å²) in [7, 11) is 0. The maximum Gasteiger partial charge on any atom is 0.145 e. The Hall–Kier alpha value is -1.32. The van der Waals surface area contributed by atoms with Gasteiger partial charge < -0.3 is 10.3 Å². The second-order valence-corrected chi connectivity index (χ2v) is 3.39. The molecule has 0 bridgehead atoms. The number of aromatic nitrogens is 2. The number of hydrogen-bond donors (Lipinski definition) is 1. The lowest BCUT2D eigenvalue weighted by molar-refractivity contribution is 1.05. The van der Waals surface area contributed by atoms with Gasteiger partial charge in [-0.05, 0) is 11.6 Å². The smallest absolute Gasteiger partial charge is 0.145 e. The van der Waals surface area contributed by atoms with Crippen molar-refractivity contribution >= 4 is 28.8 Å². The zero-order valence-electron chi connectivity index (χ0n) is 7.57. The zero-order chi connectivity index (χ0) is 10.1. The number of rotatable bonds is 2. The van der Waals surface area contributed by atoms with Crippen molar-refractivity contribution in [3.63, 3.8) is 0 Å². The van der Waals surface area contributed by atoms with Crippen LogP contribution in [0.3, 0.4) is 0 Å². The first-order chi connectivity index (χ1) is 6.76. The van der Waals surface area contributed by atoms with Crippen LogP contribution in [0.2, 0.25) is 5.02 Å². The van der Waals surface area contributed by atoms with Gasteiger partial charge in [-0.1, -0.05) is 18.2 Å². The van der Waals surface area contributed by atoms with Crippen molar-refractivity contribution in [2.75, 3.05) is 0 Å². The van der Waals surface area contributed by atoms with Crippen LogP contribution in [0.1, 0.15) is 5.56 Å². The Labute approximate surface area is 86.8 Å². The van der Waals surface area contributed by atoms with Crippen molar-refractivity contribution < 1.29 is 0 Å². The van der Waals surface area contributed by atoms with Crippen LogP contribution >= 0.6 is 11.6 Å². The topological polar surface area (TPSA) is 43.8 Å². The normalized spacial score (nSPS) is 10.7. The fraction of sp³-hybridized carbons (Fsp3) is 0.100. The SMILES string of the molecule is C=Cn1cc(Cl)c2cc(CN)cnc21. The summed E-state index contributed by atoms with van der Waals surface area (Å²) in [6, 6.07) is 1.95. The lowest BCUT2D eigenvalue weighted by Gasteiger charge is -1.98. The minimum Gasteiger partial charge on any atom is -0.326 e. The van der Waals surface area contributed by atoms with Gasteiger partial charge in [-0.25, -0.2) is 4.98 Å². The van der Waals surface area contributed by atoms with Crippen LogP contribution in [0, 0.1) is 0 Å². The van der Waals surface area contributed by atoms with E-state index in [2.05, 4.69) is 11.6 Å². The quantitative estimate of drug-likeness (QED) is 0.821. The minimum absolute atomic E-state index is 0.471. The molecule has 2 aromatic heterocycles. The predicted octanol–water partition coefficient (Wildman–Crippen LogP) is 2.25. The Morgan fingerprint density at radius 1 is 1.64 bits per heavy atom. The Bertz CT molecular complexity index is 487. The zero-order valence-corrected chi connectivity index (χ0v) is 8.33. The first-order valence-corrected chi connectivity index (χ1v) is 4.61. The van der Waals surface area contributed by atoms with Gasteiger partial charge in [0.1, 0.15) is 5.65 Å². The second-order valence-electron chi connectivity index (χ2n) is 2.99. The Balaban J connectivity index is 2.76. The Morgan fingerprint density at radius 2 is 2.43 bits per heavy atom. The molecule has 0 unspecified atom stereocenters. The first-order valence-electron chi connectivity index (χ1n) is 4.24. The highest BCUT2D eigenvalue weighted by atomic mass is 35.5. The molecule has 4 heteroatoms. The van der Waals surface area contributed by atoms with E-state index < -0.39 is 0 Å². The maximum atomic E-state index is 6.04. The molecule has 2 heterocycles. The first kappa shape index (κ1) is 9.24. The molecule has 0 radical (unpaired) electrons. The Morgan fingerprint density at radius 3 is 3.07 bits per heavy atom. The monoisotopic (exact) mass is 207 g/mol. The van der Waals surface area contributed by atoms with E-state index in [4.69, 9.17) is 17.3 Å². The summed E-state index contributed by atoms with van der Waals surface area (Å²) in [4.78, 5) is 4.27. The summed E-state index contributed by atoms with van der Waals surface area (Å²) in [6.07, 6.45) is 5.20. The molecule has 14 heavy (non-hydrogen) atoms. The van der Waals surface area contributed by atoms with Crippen molar-refractivity contribution in [3.05, 3.63) is 35.6 Å². The van der Waals surface area contributed by atoms with Gasteiger partial charge in [0.25, 0.3) is 0 Å². The summed E-state index contributed by atoms with van der Waals surface area (Å²) in [6.45, 7) is 4.15. The van der Waals surface area contributed by atoms with Crippen molar-refractivity contribution in [1.29, 1.82) is 0 Å². The van der Waals surface area contributed by atoms with Gasteiger partial charge in [0.05, 0.1) is 5.02 Å². The molecular formula is C10H10ClN3. The summed E-state index contributed by atoms with van der Waals surface area (Å²) in [5.41, 5.74) is 7.30. The molecular weight excluding hydrogens is 198 g/mol. The van der Waals surface area contributed by atoms with Crippen molar-refractivity contribution in [3.8, 4) is 0 Å². The van der Waals surface area contributed by atoms with Gasteiger partial charge in [0.15, 0.2) is 0 Å². The molecule has 0 aliphatic carbocycles. The minimum atomic E-state index is 0.471. The van der Waals surface area contributed by atoms with E-state index >= 15 is 0 Å². The van der Waals surface area contributed by atoms with Crippen LogP contribution in [-0.2, 0) is 6.54 Å². The van der Waals surface area contributed by atoms with E-state index in [1.807, 2.05) is 6.07 Å². The number of halogens is 1. The van der Waals surface area contributed by atoms with Gasteiger partial charge in [-0.2, -0.15) is 0 Å². The second kappa shape index (κ2) is 3.44. The van der Waals surface area contributed by atoms with Gasteiger partial charge in [0, 0.05) is 30.5 Å². The van der Waals surface area contributed by atoms with Crippen LogP contribution in [0.25, 0.3) is 17.2 Å². The van der Waals surface area contributed by atoms with E-state index in [0.29, 0.717) is 11.6 Å². The molecule has 0 saturated heterocycles. The van der Waals surface area contributed by atoms with E-state index in [1.165, 1.54) is 0 Å². The number of nitrogens with zero attached hydrogens (tertiary/aromatic N) is 2. The van der Waals surface area contributed by atoms with Gasteiger partial charge in [0.2, 0.25) is 0 Å². The molecule has 0 fully saturated rings. The van der Waals surface area contributed by atoms with Crippen molar-refractivity contribution in [1.82, 2.24) is 9.55 Å². The molecule has 0 aliphatic heterocycles. The van der Waals surface area contributed by atoms with Crippen LogP contribution in [0.15, 0.2) is 25.0 Å². The molecule has 0 atom stereocenters. The number of fused-ring (bicyclic) bond motifs is 1. The highest BCUT2D eigenvalue weighted by molar-refractivity contribution is 6.35. The molecule has 3 nitrogen and oxygen atoms in total. The molecule has 0 aliphatic rings. The van der Waals surface area contributed by atoms with E-state index in [-0.39, 0.29) is 0 Å². The molecule has 2 aromatic rings. The summed E-state index contributed by atoms with van der Waals surface area (Å²) in [5, 5.41) is 1.58. The third-order valence-electron chi connectivity index (χ3n) is 2.11. The average Bonchev–Trinajstić information content (AvgIpc) is 2.55. The lowest BCUT2D eigenvalue weighted by atomic mass is 10.2. The fourth-order valence-electron chi connectivity index (χ4n) is 1.39. The van der Waals surface area contributed by atoms with E-state index in [0.717, 1.165) is 16.6 Å². The molecule has 2 N–H and O–H groups in total. The third-order valence-corrected chi connectivity index (χ3v) is 2.41. The van der Waals surface area contributed by atoms with E-state index in [1.54, 1.807) is 23.2 Å². The van der Waals surface area contributed by atoms with Crippen LogP contribution < -0.4 is 5.73 Å². The lowest BCUT2D eigenvalue weighted by Crippen LogP contribution is -1.97. The van der Waals surface area contributed by atoms with Crippen LogP contribution in [-0.4, -0.2) is 9.55 Å². The highest BCUT2D eigenvalue weighted by Crippen LogP contribution is 2.24. The van der Waals surface area contributed by atoms with E-state index in [9.17, 15) is 0 Å². The fourth-order valence-corrected chi connectivity index (χ4v) is 1.63.